The SMILES string of the molecule is Clc1cccc(C2CC(Nc3c(Br)cccc3Br)C2)c1. The topological polar surface area (TPSA) is 12.0 Å². The Bertz CT molecular complexity index is 603. The Labute approximate surface area is 141 Å². The Balaban J connectivity index is 1.64. The van der Waals surface area contributed by atoms with Gasteiger partial charge in [-0.2, -0.15) is 0 Å². The van der Waals surface area contributed by atoms with E-state index in [2.05, 4.69) is 61.4 Å². The minimum atomic E-state index is 0.522. The third kappa shape index (κ3) is 3.05. The van der Waals surface area contributed by atoms with E-state index >= 15 is 0 Å². The first-order valence-electron chi connectivity index (χ1n) is 6.59. The van der Waals surface area contributed by atoms with Crippen molar-refractivity contribution in [3.63, 3.8) is 0 Å². The minimum absolute atomic E-state index is 0.522. The van der Waals surface area contributed by atoms with Crippen molar-refractivity contribution in [3.05, 3.63) is 62.0 Å². The fourth-order valence-corrected chi connectivity index (χ4v) is 4.03. The average Bonchev–Trinajstić information content (AvgIpc) is 2.36. The summed E-state index contributed by atoms with van der Waals surface area (Å²) in [6.45, 7) is 0. The molecule has 1 N–H and O–H groups in total. The first kappa shape index (κ1) is 14.4. The Morgan fingerprint density at radius 1 is 1.00 bits per heavy atom. The van der Waals surface area contributed by atoms with Gasteiger partial charge in [0.15, 0.2) is 0 Å². The molecular weight excluding hydrogens is 401 g/mol. The Morgan fingerprint density at radius 2 is 1.65 bits per heavy atom. The summed E-state index contributed by atoms with van der Waals surface area (Å²) in [6, 6.07) is 14.9. The first-order valence-corrected chi connectivity index (χ1v) is 8.56. The van der Waals surface area contributed by atoms with Crippen LogP contribution in [0.5, 0.6) is 0 Å². The van der Waals surface area contributed by atoms with Crippen LogP contribution in [0.15, 0.2) is 51.4 Å². The molecular formula is C16H14Br2ClN. The Kier molecular flexibility index (Phi) is 4.39. The van der Waals surface area contributed by atoms with Crippen LogP contribution in [0.3, 0.4) is 0 Å². The van der Waals surface area contributed by atoms with Crippen molar-refractivity contribution < 1.29 is 0 Å². The maximum Gasteiger partial charge on any atom is 0.0631 e. The second-order valence-electron chi connectivity index (χ2n) is 5.16. The molecule has 1 saturated carbocycles. The molecule has 104 valence electrons. The number of nitrogens with one attached hydrogen (secondary N) is 1. The molecule has 1 aliphatic rings. The van der Waals surface area contributed by atoms with Crippen molar-refractivity contribution in [2.24, 2.45) is 0 Å². The Morgan fingerprint density at radius 3 is 2.30 bits per heavy atom. The summed E-state index contributed by atoms with van der Waals surface area (Å²) >= 11 is 13.2. The number of anilines is 1. The molecule has 0 radical (unpaired) electrons. The second-order valence-corrected chi connectivity index (χ2v) is 7.31. The summed E-state index contributed by atoms with van der Waals surface area (Å²) in [5, 5.41) is 4.43. The van der Waals surface area contributed by atoms with Crippen LogP contribution in [-0.2, 0) is 0 Å². The van der Waals surface area contributed by atoms with Gasteiger partial charge >= 0.3 is 0 Å². The van der Waals surface area contributed by atoms with Crippen LogP contribution in [0.1, 0.15) is 24.3 Å². The van der Waals surface area contributed by atoms with Gasteiger partial charge in [-0.05, 0) is 80.4 Å². The van der Waals surface area contributed by atoms with Gasteiger partial charge in [-0.1, -0.05) is 29.8 Å². The van der Waals surface area contributed by atoms with E-state index in [1.165, 1.54) is 5.56 Å². The number of hydrogen-bond acceptors (Lipinski definition) is 1. The van der Waals surface area contributed by atoms with E-state index < -0.39 is 0 Å². The fourth-order valence-electron chi connectivity index (χ4n) is 2.61. The lowest BCUT2D eigenvalue weighted by Gasteiger charge is -2.37. The predicted molar refractivity (Wildman–Crippen MR) is 92.7 cm³/mol. The summed E-state index contributed by atoms with van der Waals surface area (Å²) in [6.07, 6.45) is 2.29. The van der Waals surface area contributed by atoms with Crippen LogP contribution in [0.4, 0.5) is 5.69 Å². The molecule has 3 rings (SSSR count). The maximum absolute atomic E-state index is 6.05. The van der Waals surface area contributed by atoms with Gasteiger partial charge in [0, 0.05) is 20.0 Å². The van der Waals surface area contributed by atoms with Crippen LogP contribution in [0.2, 0.25) is 5.02 Å². The molecule has 0 aliphatic heterocycles. The van der Waals surface area contributed by atoms with Crippen molar-refractivity contribution in [3.8, 4) is 0 Å². The van der Waals surface area contributed by atoms with Crippen LogP contribution in [0, 0.1) is 0 Å². The monoisotopic (exact) mass is 413 g/mol. The maximum atomic E-state index is 6.05. The number of halogens is 3. The van der Waals surface area contributed by atoms with Crippen molar-refractivity contribution in [2.45, 2.75) is 24.8 Å². The van der Waals surface area contributed by atoms with Crippen LogP contribution in [0.25, 0.3) is 0 Å². The molecule has 1 nitrogen and oxygen atoms in total. The highest BCUT2D eigenvalue weighted by atomic mass is 79.9. The zero-order valence-corrected chi connectivity index (χ0v) is 14.7. The predicted octanol–water partition coefficient (Wildman–Crippen LogP) is 6.22. The highest BCUT2D eigenvalue weighted by Gasteiger charge is 2.30. The lowest BCUT2D eigenvalue weighted by atomic mass is 9.76. The first-order chi connectivity index (χ1) is 9.63. The van der Waals surface area contributed by atoms with E-state index in [9.17, 15) is 0 Å². The summed E-state index contributed by atoms with van der Waals surface area (Å²) < 4.78 is 2.19. The van der Waals surface area contributed by atoms with E-state index in [1.54, 1.807) is 0 Å². The highest BCUT2D eigenvalue weighted by Crippen LogP contribution is 2.41. The number of rotatable bonds is 3. The van der Waals surface area contributed by atoms with Crippen molar-refractivity contribution in [1.82, 2.24) is 0 Å². The van der Waals surface area contributed by atoms with Crippen LogP contribution >= 0.6 is 43.5 Å². The quantitative estimate of drug-likeness (QED) is 0.627. The molecule has 0 spiro atoms. The van der Waals surface area contributed by atoms with Gasteiger partial charge in [0.05, 0.1) is 5.69 Å². The van der Waals surface area contributed by atoms with E-state index in [4.69, 9.17) is 11.6 Å². The fraction of sp³-hybridized carbons (Fsp3) is 0.250. The van der Waals surface area contributed by atoms with Crippen molar-refractivity contribution in [2.75, 3.05) is 5.32 Å². The van der Waals surface area contributed by atoms with E-state index in [-0.39, 0.29) is 0 Å². The molecule has 0 saturated heterocycles. The molecule has 2 aromatic rings. The molecule has 20 heavy (non-hydrogen) atoms. The largest absolute Gasteiger partial charge is 0.380 e. The van der Waals surface area contributed by atoms with E-state index in [0.29, 0.717) is 12.0 Å². The lowest BCUT2D eigenvalue weighted by Crippen LogP contribution is -2.34. The lowest BCUT2D eigenvalue weighted by molar-refractivity contribution is 0.374. The smallest absolute Gasteiger partial charge is 0.0631 e. The normalized spacial score (nSPS) is 21.4. The molecule has 0 aromatic heterocycles. The summed E-state index contributed by atoms with van der Waals surface area (Å²) in [4.78, 5) is 0. The van der Waals surface area contributed by atoms with Gasteiger partial charge in [0.25, 0.3) is 0 Å². The molecule has 1 aliphatic carbocycles. The van der Waals surface area contributed by atoms with Gasteiger partial charge in [-0.3, -0.25) is 0 Å². The molecule has 0 unspecified atom stereocenters. The summed E-state index contributed by atoms with van der Waals surface area (Å²) in [7, 11) is 0. The molecule has 0 heterocycles. The van der Waals surface area contributed by atoms with Crippen LogP contribution < -0.4 is 5.32 Å². The third-order valence-corrected chi connectivity index (χ3v) is 5.33. The van der Waals surface area contributed by atoms with Gasteiger partial charge < -0.3 is 5.32 Å². The molecule has 2 aromatic carbocycles. The van der Waals surface area contributed by atoms with E-state index in [0.717, 1.165) is 32.5 Å². The number of para-hydroxylation sites is 1. The van der Waals surface area contributed by atoms with E-state index in [1.807, 2.05) is 18.2 Å². The van der Waals surface area contributed by atoms with Gasteiger partial charge in [0.2, 0.25) is 0 Å². The van der Waals surface area contributed by atoms with Crippen LogP contribution in [-0.4, -0.2) is 6.04 Å². The van der Waals surface area contributed by atoms with Crippen molar-refractivity contribution >= 4 is 49.1 Å². The second kappa shape index (κ2) is 6.08. The Hall–Kier alpha value is -0.510. The molecule has 1 fully saturated rings. The highest BCUT2D eigenvalue weighted by molar-refractivity contribution is 9.11. The third-order valence-electron chi connectivity index (χ3n) is 3.77. The molecule has 0 amide bonds. The average molecular weight is 416 g/mol. The summed E-state index contributed by atoms with van der Waals surface area (Å²) in [5.74, 6) is 0.618. The zero-order chi connectivity index (χ0) is 14.1. The van der Waals surface area contributed by atoms with Gasteiger partial charge in [-0.25, -0.2) is 0 Å². The van der Waals surface area contributed by atoms with Gasteiger partial charge in [0.1, 0.15) is 0 Å². The zero-order valence-electron chi connectivity index (χ0n) is 10.7. The summed E-state index contributed by atoms with van der Waals surface area (Å²) in [5.41, 5.74) is 2.49. The number of hydrogen-bond donors (Lipinski definition) is 1. The molecule has 0 atom stereocenters. The van der Waals surface area contributed by atoms with Crippen molar-refractivity contribution in [1.29, 1.82) is 0 Å². The van der Waals surface area contributed by atoms with Gasteiger partial charge in [-0.15, -0.1) is 0 Å². The molecule has 0 bridgehead atoms. The molecule has 4 heteroatoms. The minimum Gasteiger partial charge on any atom is -0.380 e. The standard InChI is InChI=1S/C16H14Br2ClN/c17-14-5-2-6-15(18)16(14)20-13-8-11(9-13)10-3-1-4-12(19)7-10/h1-7,11,13,20H,8-9H2. The number of benzene rings is 2.